The van der Waals surface area contributed by atoms with Gasteiger partial charge in [-0.3, -0.25) is 14.9 Å². The minimum Gasteiger partial charge on any atom is -0.490 e. The monoisotopic (exact) mass is 328 g/mol. The number of ether oxygens (including phenoxy) is 2. The van der Waals surface area contributed by atoms with Crippen LogP contribution in [0.4, 0.5) is 11.4 Å². The number of rotatable bonds is 3. The molecule has 0 saturated carbocycles. The molecule has 7 heteroatoms. The number of benzene rings is 2. The Kier molecular flexibility index (Phi) is 4.33. The molecule has 1 amide bonds. The summed E-state index contributed by atoms with van der Waals surface area (Å²) in [5, 5.41) is 13.9. The van der Waals surface area contributed by atoms with Gasteiger partial charge in [0, 0.05) is 23.7 Å². The van der Waals surface area contributed by atoms with Crippen molar-refractivity contribution >= 4 is 17.3 Å². The fourth-order valence-corrected chi connectivity index (χ4v) is 2.52. The van der Waals surface area contributed by atoms with Gasteiger partial charge in [-0.15, -0.1) is 0 Å². The van der Waals surface area contributed by atoms with E-state index in [1.807, 2.05) is 0 Å². The zero-order chi connectivity index (χ0) is 17.1. The molecule has 0 aromatic heterocycles. The smallest absolute Gasteiger partial charge is 0.285 e. The van der Waals surface area contributed by atoms with Gasteiger partial charge in [-0.05, 0) is 25.1 Å². The van der Waals surface area contributed by atoms with Crippen molar-refractivity contribution in [2.24, 2.45) is 0 Å². The molecule has 1 N–H and O–H groups in total. The number of anilines is 1. The van der Waals surface area contributed by atoms with Crippen molar-refractivity contribution in [3.8, 4) is 11.5 Å². The van der Waals surface area contributed by atoms with E-state index in [4.69, 9.17) is 9.47 Å². The van der Waals surface area contributed by atoms with E-state index in [0.29, 0.717) is 36.0 Å². The molecule has 124 valence electrons. The SMILES string of the molecule is Cc1cccc(C(=O)Nc2ccc3c(c2)OCCCO3)c1[N+](=O)[O-]. The molecular weight excluding hydrogens is 312 g/mol. The van der Waals surface area contributed by atoms with Crippen LogP contribution in [0.15, 0.2) is 36.4 Å². The molecule has 0 unspecified atom stereocenters. The standard InChI is InChI=1S/C17H16N2O5/c1-11-4-2-5-13(16(11)19(21)22)17(20)18-12-6-7-14-15(10-12)24-9-3-8-23-14/h2,4-7,10H,3,8-9H2,1H3,(H,18,20). The first-order chi connectivity index (χ1) is 11.6. The van der Waals surface area contributed by atoms with Gasteiger partial charge in [0.25, 0.3) is 11.6 Å². The number of carbonyl (C=O) groups is 1. The summed E-state index contributed by atoms with van der Waals surface area (Å²) in [7, 11) is 0. The van der Waals surface area contributed by atoms with Crippen molar-refractivity contribution in [1.29, 1.82) is 0 Å². The van der Waals surface area contributed by atoms with E-state index in [1.165, 1.54) is 6.07 Å². The van der Waals surface area contributed by atoms with E-state index in [-0.39, 0.29) is 11.3 Å². The Labute approximate surface area is 138 Å². The predicted octanol–water partition coefficient (Wildman–Crippen LogP) is 3.32. The van der Waals surface area contributed by atoms with E-state index in [0.717, 1.165) is 6.42 Å². The molecule has 0 fully saturated rings. The van der Waals surface area contributed by atoms with E-state index in [9.17, 15) is 14.9 Å². The third-order valence-corrected chi connectivity index (χ3v) is 3.67. The number of para-hydroxylation sites is 1. The van der Waals surface area contributed by atoms with Crippen molar-refractivity contribution in [2.75, 3.05) is 18.5 Å². The Hall–Kier alpha value is -3.09. The Morgan fingerprint density at radius 1 is 1.17 bits per heavy atom. The molecule has 3 rings (SSSR count). The Morgan fingerprint density at radius 3 is 2.67 bits per heavy atom. The number of aryl methyl sites for hydroxylation is 1. The molecule has 0 radical (unpaired) electrons. The van der Waals surface area contributed by atoms with Crippen molar-refractivity contribution in [3.05, 3.63) is 57.6 Å². The minimum atomic E-state index is -0.543. The maximum absolute atomic E-state index is 12.4. The number of amides is 1. The summed E-state index contributed by atoms with van der Waals surface area (Å²) in [4.78, 5) is 23.1. The first kappa shape index (κ1) is 15.8. The van der Waals surface area contributed by atoms with Gasteiger partial charge in [0.15, 0.2) is 11.5 Å². The van der Waals surface area contributed by atoms with Crippen LogP contribution in [0.3, 0.4) is 0 Å². The maximum Gasteiger partial charge on any atom is 0.285 e. The number of nitrogens with zero attached hydrogens (tertiary/aromatic N) is 1. The Balaban J connectivity index is 1.87. The number of nitro benzene ring substituents is 1. The van der Waals surface area contributed by atoms with Crippen molar-refractivity contribution in [2.45, 2.75) is 13.3 Å². The number of nitro groups is 1. The summed E-state index contributed by atoms with van der Waals surface area (Å²) in [5.74, 6) is 0.621. The second-order valence-corrected chi connectivity index (χ2v) is 5.39. The third kappa shape index (κ3) is 3.15. The van der Waals surface area contributed by atoms with Crippen LogP contribution in [0.5, 0.6) is 11.5 Å². The normalized spacial score (nSPS) is 13.0. The average Bonchev–Trinajstić information content (AvgIpc) is 2.79. The van der Waals surface area contributed by atoms with E-state index >= 15 is 0 Å². The van der Waals surface area contributed by atoms with Gasteiger partial charge in [0.1, 0.15) is 5.56 Å². The lowest BCUT2D eigenvalue weighted by Crippen LogP contribution is -2.14. The lowest BCUT2D eigenvalue weighted by Gasteiger charge is -2.11. The highest BCUT2D eigenvalue weighted by atomic mass is 16.6. The molecule has 1 aliphatic rings. The molecule has 1 aliphatic heterocycles. The highest BCUT2D eigenvalue weighted by molar-refractivity contribution is 6.07. The van der Waals surface area contributed by atoms with Crippen LogP contribution >= 0.6 is 0 Å². The number of hydrogen-bond acceptors (Lipinski definition) is 5. The van der Waals surface area contributed by atoms with Gasteiger partial charge in [-0.2, -0.15) is 0 Å². The van der Waals surface area contributed by atoms with Gasteiger partial charge < -0.3 is 14.8 Å². The Bertz CT molecular complexity index is 804. The van der Waals surface area contributed by atoms with Gasteiger partial charge in [-0.25, -0.2) is 0 Å². The van der Waals surface area contributed by atoms with E-state index < -0.39 is 10.8 Å². The largest absolute Gasteiger partial charge is 0.490 e. The molecule has 1 heterocycles. The van der Waals surface area contributed by atoms with Crippen molar-refractivity contribution in [1.82, 2.24) is 0 Å². The summed E-state index contributed by atoms with van der Waals surface area (Å²) in [6, 6.07) is 9.69. The first-order valence-electron chi connectivity index (χ1n) is 7.51. The van der Waals surface area contributed by atoms with Crippen LogP contribution in [0.1, 0.15) is 22.3 Å². The molecule has 0 bridgehead atoms. The van der Waals surface area contributed by atoms with Crippen LogP contribution < -0.4 is 14.8 Å². The predicted molar refractivity (Wildman–Crippen MR) is 87.8 cm³/mol. The summed E-state index contributed by atoms with van der Waals surface area (Å²) < 4.78 is 11.1. The summed E-state index contributed by atoms with van der Waals surface area (Å²) in [6.07, 6.45) is 0.784. The van der Waals surface area contributed by atoms with Crippen molar-refractivity contribution < 1.29 is 19.2 Å². The van der Waals surface area contributed by atoms with Crippen LogP contribution in [0, 0.1) is 17.0 Å². The maximum atomic E-state index is 12.4. The number of fused-ring (bicyclic) bond motifs is 1. The molecular formula is C17H16N2O5. The highest BCUT2D eigenvalue weighted by Crippen LogP contribution is 2.33. The van der Waals surface area contributed by atoms with Crippen molar-refractivity contribution in [3.63, 3.8) is 0 Å². The molecule has 0 aliphatic carbocycles. The lowest BCUT2D eigenvalue weighted by atomic mass is 10.1. The van der Waals surface area contributed by atoms with E-state index in [2.05, 4.69) is 5.32 Å². The molecule has 2 aromatic carbocycles. The molecule has 0 atom stereocenters. The average molecular weight is 328 g/mol. The summed E-state index contributed by atoms with van der Waals surface area (Å²) in [5.41, 5.74) is 0.753. The van der Waals surface area contributed by atoms with Gasteiger partial charge >= 0.3 is 0 Å². The summed E-state index contributed by atoms with van der Waals surface area (Å²) in [6.45, 7) is 2.71. The molecule has 24 heavy (non-hydrogen) atoms. The second kappa shape index (κ2) is 6.57. The van der Waals surface area contributed by atoms with Crippen LogP contribution in [0.25, 0.3) is 0 Å². The quantitative estimate of drug-likeness (QED) is 0.689. The van der Waals surface area contributed by atoms with Gasteiger partial charge in [-0.1, -0.05) is 12.1 Å². The highest BCUT2D eigenvalue weighted by Gasteiger charge is 2.22. The molecule has 2 aromatic rings. The number of hydrogen-bond donors (Lipinski definition) is 1. The van der Waals surface area contributed by atoms with Crippen LogP contribution in [0.2, 0.25) is 0 Å². The molecule has 0 saturated heterocycles. The van der Waals surface area contributed by atoms with Crippen LogP contribution in [-0.4, -0.2) is 24.0 Å². The third-order valence-electron chi connectivity index (χ3n) is 3.67. The summed E-state index contributed by atoms with van der Waals surface area (Å²) >= 11 is 0. The lowest BCUT2D eigenvalue weighted by molar-refractivity contribution is -0.385. The van der Waals surface area contributed by atoms with E-state index in [1.54, 1.807) is 37.3 Å². The topological polar surface area (TPSA) is 90.7 Å². The zero-order valence-electron chi connectivity index (χ0n) is 13.1. The second-order valence-electron chi connectivity index (χ2n) is 5.39. The fourth-order valence-electron chi connectivity index (χ4n) is 2.52. The number of nitrogens with one attached hydrogen (secondary N) is 1. The Morgan fingerprint density at radius 2 is 1.92 bits per heavy atom. The minimum absolute atomic E-state index is 0.0205. The first-order valence-corrected chi connectivity index (χ1v) is 7.51. The van der Waals surface area contributed by atoms with Gasteiger partial charge in [0.05, 0.1) is 18.1 Å². The van der Waals surface area contributed by atoms with Gasteiger partial charge in [0.2, 0.25) is 0 Å². The fraction of sp³-hybridized carbons (Fsp3) is 0.235. The zero-order valence-corrected chi connectivity index (χ0v) is 13.1. The van der Waals surface area contributed by atoms with Crippen LogP contribution in [-0.2, 0) is 0 Å². The molecule has 0 spiro atoms. The molecule has 7 nitrogen and oxygen atoms in total. The number of carbonyl (C=O) groups excluding carboxylic acids is 1.